The Morgan fingerprint density at radius 1 is 0.833 bits per heavy atom. The quantitative estimate of drug-likeness (QED) is 0.459. The van der Waals surface area contributed by atoms with Gasteiger partial charge in [0.15, 0.2) is 0 Å². The Morgan fingerprint density at radius 2 is 1.58 bits per heavy atom. The van der Waals surface area contributed by atoms with Crippen LogP contribution in [0.3, 0.4) is 0 Å². The highest BCUT2D eigenvalue weighted by atomic mass is 79.9. The fraction of sp³-hybridized carbons (Fsp3) is 0.143. The minimum atomic E-state index is 0.271. The fourth-order valence-corrected chi connectivity index (χ4v) is 4.12. The van der Waals surface area contributed by atoms with Crippen molar-refractivity contribution in [3.8, 4) is 11.1 Å². The Hall–Kier alpha value is -1.42. The third-order valence-corrected chi connectivity index (χ3v) is 5.26. The van der Waals surface area contributed by atoms with E-state index >= 15 is 0 Å². The Balaban J connectivity index is 1.70. The zero-order valence-electron chi connectivity index (χ0n) is 13.5. The van der Waals surface area contributed by atoms with E-state index in [9.17, 15) is 0 Å². The van der Waals surface area contributed by atoms with E-state index < -0.39 is 0 Å². The van der Waals surface area contributed by atoms with Crippen molar-refractivity contribution in [1.29, 1.82) is 0 Å². The molecule has 0 spiro atoms. The molecule has 1 nitrogen and oxygen atoms in total. The lowest BCUT2D eigenvalue weighted by Gasteiger charge is -2.16. The Kier molecular flexibility index (Phi) is 5.88. The van der Waals surface area contributed by atoms with Crippen LogP contribution in [-0.4, -0.2) is 0 Å². The van der Waals surface area contributed by atoms with E-state index in [4.69, 9.17) is 0 Å². The predicted octanol–water partition coefficient (Wildman–Crippen LogP) is 6.73. The van der Waals surface area contributed by atoms with E-state index in [2.05, 4.69) is 111 Å². The molecular weight excluding hydrogens is 426 g/mol. The van der Waals surface area contributed by atoms with Crippen LogP contribution in [0.4, 0.5) is 0 Å². The summed E-state index contributed by atoms with van der Waals surface area (Å²) in [6.07, 6.45) is 0. The molecule has 0 aliphatic carbocycles. The number of halogens is 2. The third kappa shape index (κ3) is 4.35. The minimum Gasteiger partial charge on any atom is -0.306 e. The second-order valence-corrected chi connectivity index (χ2v) is 7.60. The molecule has 0 radical (unpaired) electrons. The molecule has 0 bridgehead atoms. The third-order valence-electron chi connectivity index (χ3n) is 4.08. The van der Waals surface area contributed by atoms with Crippen molar-refractivity contribution in [3.05, 3.63) is 92.9 Å². The highest BCUT2D eigenvalue weighted by Gasteiger charge is 2.09. The minimum absolute atomic E-state index is 0.271. The molecule has 0 aromatic heterocycles. The molecule has 0 saturated carbocycles. The van der Waals surface area contributed by atoms with Crippen LogP contribution in [0.5, 0.6) is 0 Å². The lowest BCUT2D eigenvalue weighted by atomic mass is 10.0. The highest BCUT2D eigenvalue weighted by molar-refractivity contribution is 9.11. The van der Waals surface area contributed by atoms with Crippen LogP contribution in [0.1, 0.15) is 24.1 Å². The average molecular weight is 445 g/mol. The normalized spacial score (nSPS) is 12.1. The van der Waals surface area contributed by atoms with Crippen molar-refractivity contribution < 1.29 is 0 Å². The van der Waals surface area contributed by atoms with Gasteiger partial charge in [0.05, 0.1) is 0 Å². The summed E-state index contributed by atoms with van der Waals surface area (Å²) in [7, 11) is 0. The summed E-state index contributed by atoms with van der Waals surface area (Å²) in [5.74, 6) is 0. The maximum atomic E-state index is 3.65. The van der Waals surface area contributed by atoms with Crippen molar-refractivity contribution in [1.82, 2.24) is 5.32 Å². The van der Waals surface area contributed by atoms with Gasteiger partial charge in [-0.25, -0.2) is 0 Å². The maximum Gasteiger partial charge on any atom is 0.0306 e. The van der Waals surface area contributed by atoms with E-state index in [1.807, 2.05) is 6.07 Å². The van der Waals surface area contributed by atoms with Crippen LogP contribution in [0.2, 0.25) is 0 Å². The molecule has 0 fully saturated rings. The summed E-state index contributed by atoms with van der Waals surface area (Å²) in [5, 5.41) is 3.61. The SMILES string of the molecule is CC(NCc1cccc(-c2ccccc2)c1)c1ccc(Br)cc1Br. The molecule has 1 N–H and O–H groups in total. The molecule has 24 heavy (non-hydrogen) atoms. The van der Waals surface area contributed by atoms with Gasteiger partial charge in [-0.1, -0.05) is 86.5 Å². The van der Waals surface area contributed by atoms with Gasteiger partial charge in [-0.05, 0) is 47.4 Å². The molecule has 3 aromatic rings. The molecule has 1 atom stereocenters. The molecule has 1 unspecified atom stereocenters. The molecule has 0 saturated heterocycles. The Bertz CT molecular complexity index is 815. The summed E-state index contributed by atoms with van der Waals surface area (Å²) >= 11 is 7.15. The average Bonchev–Trinajstić information content (AvgIpc) is 2.61. The number of nitrogens with one attached hydrogen (secondary N) is 1. The van der Waals surface area contributed by atoms with Gasteiger partial charge in [0, 0.05) is 21.5 Å². The van der Waals surface area contributed by atoms with E-state index in [-0.39, 0.29) is 6.04 Å². The van der Waals surface area contributed by atoms with Crippen LogP contribution >= 0.6 is 31.9 Å². The second kappa shape index (κ2) is 8.11. The van der Waals surface area contributed by atoms with Crippen molar-refractivity contribution in [3.63, 3.8) is 0 Å². The number of hydrogen-bond donors (Lipinski definition) is 1. The summed E-state index contributed by atoms with van der Waals surface area (Å²) in [5.41, 5.74) is 5.06. The van der Waals surface area contributed by atoms with Crippen LogP contribution in [0.25, 0.3) is 11.1 Å². The van der Waals surface area contributed by atoms with Crippen LogP contribution < -0.4 is 5.32 Å². The first-order valence-electron chi connectivity index (χ1n) is 7.96. The zero-order valence-corrected chi connectivity index (χ0v) is 16.6. The topological polar surface area (TPSA) is 12.0 Å². The lowest BCUT2D eigenvalue weighted by Crippen LogP contribution is -2.18. The molecule has 3 aromatic carbocycles. The van der Waals surface area contributed by atoms with Gasteiger partial charge in [-0.15, -0.1) is 0 Å². The van der Waals surface area contributed by atoms with Crippen LogP contribution in [-0.2, 0) is 6.54 Å². The zero-order chi connectivity index (χ0) is 16.9. The van der Waals surface area contributed by atoms with E-state index in [1.165, 1.54) is 22.3 Å². The molecule has 122 valence electrons. The highest BCUT2D eigenvalue weighted by Crippen LogP contribution is 2.27. The van der Waals surface area contributed by atoms with Crippen LogP contribution in [0.15, 0.2) is 81.7 Å². The summed E-state index contributed by atoms with van der Waals surface area (Å²) in [6, 6.07) is 25.8. The number of hydrogen-bond acceptors (Lipinski definition) is 1. The van der Waals surface area contributed by atoms with Crippen molar-refractivity contribution in [2.24, 2.45) is 0 Å². The van der Waals surface area contributed by atoms with Gasteiger partial charge >= 0.3 is 0 Å². The molecule has 0 amide bonds. The monoisotopic (exact) mass is 443 g/mol. The van der Waals surface area contributed by atoms with Crippen molar-refractivity contribution in [2.45, 2.75) is 19.5 Å². The molecule has 3 heteroatoms. The fourth-order valence-electron chi connectivity index (χ4n) is 2.73. The summed E-state index contributed by atoms with van der Waals surface area (Å²) < 4.78 is 2.20. The summed E-state index contributed by atoms with van der Waals surface area (Å²) in [4.78, 5) is 0. The van der Waals surface area contributed by atoms with Gasteiger partial charge in [0.2, 0.25) is 0 Å². The summed E-state index contributed by atoms with van der Waals surface area (Å²) in [6.45, 7) is 3.03. The first kappa shape index (κ1) is 17.4. The van der Waals surface area contributed by atoms with E-state index in [0.717, 1.165) is 15.5 Å². The second-order valence-electron chi connectivity index (χ2n) is 5.83. The lowest BCUT2D eigenvalue weighted by molar-refractivity contribution is 0.573. The van der Waals surface area contributed by atoms with E-state index in [0.29, 0.717) is 0 Å². The standard InChI is InChI=1S/C21H19Br2N/c1-15(20-11-10-19(22)13-21(20)23)24-14-16-6-5-9-18(12-16)17-7-3-2-4-8-17/h2-13,15,24H,14H2,1H3. The predicted molar refractivity (Wildman–Crippen MR) is 109 cm³/mol. The van der Waals surface area contributed by atoms with Gasteiger partial charge in [-0.2, -0.15) is 0 Å². The Labute approximate surface area is 160 Å². The molecule has 0 aliphatic rings. The first-order valence-corrected chi connectivity index (χ1v) is 9.55. The molecule has 3 rings (SSSR count). The van der Waals surface area contributed by atoms with Gasteiger partial charge in [0.25, 0.3) is 0 Å². The van der Waals surface area contributed by atoms with Crippen molar-refractivity contribution >= 4 is 31.9 Å². The van der Waals surface area contributed by atoms with Crippen molar-refractivity contribution in [2.75, 3.05) is 0 Å². The number of benzene rings is 3. The number of rotatable bonds is 5. The van der Waals surface area contributed by atoms with Gasteiger partial charge < -0.3 is 5.32 Å². The van der Waals surface area contributed by atoms with Crippen LogP contribution in [0, 0.1) is 0 Å². The molecule has 0 heterocycles. The Morgan fingerprint density at radius 3 is 2.33 bits per heavy atom. The van der Waals surface area contributed by atoms with Gasteiger partial charge in [0.1, 0.15) is 0 Å². The van der Waals surface area contributed by atoms with Gasteiger partial charge in [-0.3, -0.25) is 0 Å². The largest absolute Gasteiger partial charge is 0.306 e. The molecular formula is C21H19Br2N. The van der Waals surface area contributed by atoms with E-state index in [1.54, 1.807) is 0 Å². The smallest absolute Gasteiger partial charge is 0.0306 e. The molecule has 0 aliphatic heterocycles. The first-order chi connectivity index (χ1) is 11.6. The maximum absolute atomic E-state index is 3.65.